The highest BCUT2D eigenvalue weighted by atomic mass is 32.2. The van der Waals surface area contributed by atoms with E-state index in [4.69, 9.17) is 0 Å². The molecule has 0 amide bonds. The van der Waals surface area contributed by atoms with Crippen molar-refractivity contribution >= 4 is 31.6 Å². The lowest BCUT2D eigenvalue weighted by Crippen LogP contribution is -2.28. The molecule has 0 unspecified atom stereocenters. The smallest absolute Gasteiger partial charge is 0.296 e. The van der Waals surface area contributed by atoms with Gasteiger partial charge in [0.25, 0.3) is 0 Å². The van der Waals surface area contributed by atoms with Crippen LogP contribution in [-0.4, -0.2) is 13.0 Å². The third-order valence-corrected chi connectivity index (χ3v) is 6.71. The van der Waals surface area contributed by atoms with Crippen LogP contribution in [0.5, 0.6) is 0 Å². The van der Waals surface area contributed by atoms with Gasteiger partial charge in [0.15, 0.2) is 0 Å². The van der Waals surface area contributed by atoms with Gasteiger partial charge in [0.2, 0.25) is 10.0 Å². The molecular formula is C19H22N2O3S2. The van der Waals surface area contributed by atoms with Crippen molar-refractivity contribution in [2.24, 2.45) is 0 Å². The first-order valence-electron chi connectivity index (χ1n) is 8.56. The van der Waals surface area contributed by atoms with Crippen LogP contribution in [0.2, 0.25) is 0 Å². The van der Waals surface area contributed by atoms with Gasteiger partial charge in [-0.25, -0.2) is 13.1 Å². The molecule has 1 atom stereocenters. The number of hydrogen-bond donors (Lipinski definition) is 1. The number of nitrogens with one attached hydrogen (secondary N) is 1. The molecule has 5 nitrogen and oxygen atoms in total. The minimum atomic E-state index is -3.69. The van der Waals surface area contributed by atoms with Gasteiger partial charge in [-0.2, -0.15) is 0 Å². The minimum absolute atomic E-state index is 0.0272. The molecule has 0 spiro atoms. The number of benzene rings is 2. The number of fused-ring (bicyclic) bond motifs is 1. The van der Waals surface area contributed by atoms with E-state index in [1.54, 1.807) is 22.8 Å². The lowest BCUT2D eigenvalue weighted by Gasteiger charge is -2.17. The average Bonchev–Trinajstić information content (AvgIpc) is 2.95. The first kappa shape index (κ1) is 18.8. The van der Waals surface area contributed by atoms with Crippen LogP contribution in [0.3, 0.4) is 0 Å². The van der Waals surface area contributed by atoms with Crippen molar-refractivity contribution in [1.82, 2.24) is 9.29 Å². The lowest BCUT2D eigenvalue weighted by atomic mass is 10.1. The largest absolute Gasteiger partial charge is 0.308 e. The third kappa shape index (κ3) is 3.60. The van der Waals surface area contributed by atoms with Crippen LogP contribution in [0.25, 0.3) is 10.2 Å². The van der Waals surface area contributed by atoms with Crippen molar-refractivity contribution in [1.29, 1.82) is 0 Å². The maximum Gasteiger partial charge on any atom is 0.308 e. The van der Waals surface area contributed by atoms with E-state index in [-0.39, 0.29) is 21.9 Å². The van der Waals surface area contributed by atoms with E-state index < -0.39 is 10.0 Å². The molecule has 1 N–H and O–H groups in total. The lowest BCUT2D eigenvalue weighted by molar-refractivity contribution is 0.550. The second-order valence-electron chi connectivity index (χ2n) is 6.45. The summed E-state index contributed by atoms with van der Waals surface area (Å²) in [6.07, 6.45) is 0.641. The summed E-state index contributed by atoms with van der Waals surface area (Å²) < 4.78 is 30.8. The molecule has 138 valence electrons. The summed E-state index contributed by atoms with van der Waals surface area (Å²) in [7, 11) is -3.69. The molecule has 7 heteroatoms. The zero-order valence-electron chi connectivity index (χ0n) is 15.0. The zero-order chi connectivity index (χ0) is 18.9. The van der Waals surface area contributed by atoms with Gasteiger partial charge in [0.05, 0.1) is 15.1 Å². The van der Waals surface area contributed by atoms with Crippen LogP contribution < -0.4 is 9.60 Å². The van der Waals surface area contributed by atoms with Crippen LogP contribution in [0, 0.1) is 0 Å². The standard InChI is InChI=1S/C19H22N2O3S2/c1-4-16(14-8-6-5-7-9-14)20-26(23,24)15-10-11-17-18(12-15)25-19(22)21(17)13(2)3/h5-13,16,20H,4H2,1-3H3/t16-/m0/s1. The fourth-order valence-electron chi connectivity index (χ4n) is 3.00. The molecule has 3 aromatic rings. The van der Waals surface area contributed by atoms with Gasteiger partial charge in [-0.05, 0) is 44.0 Å². The SMILES string of the molecule is CC[C@H](NS(=O)(=O)c1ccc2c(c1)sc(=O)n2C(C)C)c1ccccc1. The first-order valence-corrected chi connectivity index (χ1v) is 10.9. The first-order chi connectivity index (χ1) is 12.3. The molecule has 3 rings (SSSR count). The number of thiazole rings is 1. The summed E-state index contributed by atoms with van der Waals surface area (Å²) in [5.74, 6) is 0. The Morgan fingerprint density at radius 2 is 1.81 bits per heavy atom. The summed E-state index contributed by atoms with van der Waals surface area (Å²) >= 11 is 1.07. The molecule has 1 heterocycles. The Balaban J connectivity index is 1.98. The highest BCUT2D eigenvalue weighted by Crippen LogP contribution is 2.25. The van der Waals surface area contributed by atoms with E-state index in [2.05, 4.69) is 4.72 Å². The fourth-order valence-corrected chi connectivity index (χ4v) is 5.46. The van der Waals surface area contributed by atoms with Crippen LogP contribution in [0.15, 0.2) is 58.2 Å². The summed E-state index contributed by atoms with van der Waals surface area (Å²) in [6.45, 7) is 5.81. The second kappa shape index (κ2) is 7.34. The topological polar surface area (TPSA) is 68.2 Å². The zero-order valence-corrected chi connectivity index (χ0v) is 16.6. The Labute approximate surface area is 157 Å². The van der Waals surface area contributed by atoms with E-state index >= 15 is 0 Å². The highest BCUT2D eigenvalue weighted by Gasteiger charge is 2.21. The Morgan fingerprint density at radius 1 is 1.12 bits per heavy atom. The second-order valence-corrected chi connectivity index (χ2v) is 9.16. The maximum absolute atomic E-state index is 12.9. The summed E-state index contributed by atoms with van der Waals surface area (Å²) in [4.78, 5) is 12.3. The molecule has 0 fully saturated rings. The van der Waals surface area contributed by atoms with Gasteiger partial charge >= 0.3 is 4.87 Å². The predicted molar refractivity (Wildman–Crippen MR) is 106 cm³/mol. The summed E-state index contributed by atoms with van der Waals surface area (Å²) in [5.41, 5.74) is 1.69. The number of aromatic nitrogens is 1. The Hall–Kier alpha value is -1.96. The molecule has 0 aliphatic rings. The molecule has 0 bridgehead atoms. The molecule has 0 aliphatic heterocycles. The predicted octanol–water partition coefficient (Wildman–Crippen LogP) is 4.07. The number of sulfonamides is 1. The van der Waals surface area contributed by atoms with E-state index in [1.165, 1.54) is 0 Å². The Kier molecular flexibility index (Phi) is 5.32. The number of rotatable bonds is 6. The van der Waals surface area contributed by atoms with E-state index in [0.29, 0.717) is 11.1 Å². The van der Waals surface area contributed by atoms with E-state index in [1.807, 2.05) is 51.1 Å². The van der Waals surface area contributed by atoms with Gasteiger partial charge in [0, 0.05) is 12.1 Å². The van der Waals surface area contributed by atoms with Gasteiger partial charge in [-0.1, -0.05) is 48.6 Å². The highest BCUT2D eigenvalue weighted by molar-refractivity contribution is 7.89. The van der Waals surface area contributed by atoms with E-state index in [9.17, 15) is 13.2 Å². The van der Waals surface area contributed by atoms with Crippen molar-refractivity contribution in [2.75, 3.05) is 0 Å². The Bertz CT molecular complexity index is 1070. The van der Waals surface area contributed by atoms with Crippen molar-refractivity contribution in [3.05, 3.63) is 63.8 Å². The van der Waals surface area contributed by atoms with Crippen LogP contribution in [0.1, 0.15) is 44.8 Å². The maximum atomic E-state index is 12.9. The van der Waals surface area contributed by atoms with Crippen LogP contribution in [-0.2, 0) is 10.0 Å². The van der Waals surface area contributed by atoms with Gasteiger partial charge < -0.3 is 0 Å². The van der Waals surface area contributed by atoms with Crippen molar-refractivity contribution in [3.63, 3.8) is 0 Å². The summed E-state index contributed by atoms with van der Waals surface area (Å²) in [6, 6.07) is 14.1. The monoisotopic (exact) mass is 390 g/mol. The number of nitrogens with zero attached hydrogens (tertiary/aromatic N) is 1. The fraction of sp³-hybridized carbons (Fsp3) is 0.316. The molecule has 0 saturated carbocycles. The minimum Gasteiger partial charge on any atom is -0.296 e. The molecule has 0 saturated heterocycles. The van der Waals surface area contributed by atoms with Crippen LogP contribution >= 0.6 is 11.3 Å². The molecular weight excluding hydrogens is 368 g/mol. The quantitative estimate of drug-likeness (QED) is 0.690. The Morgan fingerprint density at radius 3 is 2.42 bits per heavy atom. The van der Waals surface area contributed by atoms with Crippen molar-refractivity contribution in [3.8, 4) is 0 Å². The van der Waals surface area contributed by atoms with E-state index in [0.717, 1.165) is 22.4 Å². The molecule has 2 aromatic carbocycles. The molecule has 1 aromatic heterocycles. The van der Waals surface area contributed by atoms with Gasteiger partial charge in [0.1, 0.15) is 0 Å². The average molecular weight is 391 g/mol. The molecule has 26 heavy (non-hydrogen) atoms. The number of hydrogen-bond acceptors (Lipinski definition) is 4. The van der Waals surface area contributed by atoms with Crippen molar-refractivity contribution in [2.45, 2.75) is 44.2 Å². The van der Waals surface area contributed by atoms with Crippen molar-refractivity contribution < 1.29 is 8.42 Å². The molecule has 0 aliphatic carbocycles. The normalized spacial score (nSPS) is 13.4. The van der Waals surface area contributed by atoms with Gasteiger partial charge in [-0.3, -0.25) is 9.36 Å². The van der Waals surface area contributed by atoms with Crippen LogP contribution in [0.4, 0.5) is 0 Å². The third-order valence-electron chi connectivity index (χ3n) is 4.32. The van der Waals surface area contributed by atoms with Gasteiger partial charge in [-0.15, -0.1) is 0 Å². The summed E-state index contributed by atoms with van der Waals surface area (Å²) in [5, 5.41) is 0. The molecule has 0 radical (unpaired) electrons.